The van der Waals surface area contributed by atoms with E-state index in [0.717, 1.165) is 11.3 Å². The summed E-state index contributed by atoms with van der Waals surface area (Å²) >= 11 is 1.34. The number of phenolic OH excluding ortho intramolecular Hbond substituents is 1. The molecule has 1 aromatic carbocycles. The van der Waals surface area contributed by atoms with Crippen LogP contribution in [0.25, 0.3) is 11.3 Å². The summed E-state index contributed by atoms with van der Waals surface area (Å²) in [5, 5.41) is 11.7. The van der Waals surface area contributed by atoms with Crippen LogP contribution in [0.5, 0.6) is 5.75 Å². The maximum atomic E-state index is 9.33. The molecule has 6 heteroatoms. The first-order valence-electron chi connectivity index (χ1n) is 4.50. The Hall–Kier alpha value is -2.08. The third-order valence-electron chi connectivity index (χ3n) is 1.86. The van der Waals surface area contributed by atoms with Crippen molar-refractivity contribution in [1.82, 2.24) is 4.98 Å². The number of thiazole rings is 1. The fourth-order valence-electron chi connectivity index (χ4n) is 1.22. The molecular formula is C10H10N4OS. The van der Waals surface area contributed by atoms with E-state index in [1.54, 1.807) is 18.2 Å². The van der Waals surface area contributed by atoms with Gasteiger partial charge in [-0.25, -0.2) is 4.98 Å². The van der Waals surface area contributed by atoms with Crippen LogP contribution in [0.15, 0.2) is 34.6 Å². The maximum Gasteiger partial charge on any atom is 0.212 e. The van der Waals surface area contributed by atoms with Gasteiger partial charge in [0.1, 0.15) is 5.75 Å². The number of hydrogen-bond donors (Lipinski definition) is 3. The van der Waals surface area contributed by atoms with Crippen LogP contribution in [0.2, 0.25) is 0 Å². The van der Waals surface area contributed by atoms with Crippen LogP contribution in [0.1, 0.15) is 0 Å². The Kier molecular flexibility index (Phi) is 2.74. The molecule has 5 N–H and O–H groups in total. The summed E-state index contributed by atoms with van der Waals surface area (Å²) in [6, 6.07) is 6.85. The van der Waals surface area contributed by atoms with Crippen molar-refractivity contribution in [2.75, 3.05) is 0 Å². The summed E-state index contributed by atoms with van der Waals surface area (Å²) in [6.45, 7) is 0. The molecule has 2 rings (SSSR count). The average Bonchev–Trinajstić information content (AvgIpc) is 2.65. The van der Waals surface area contributed by atoms with E-state index in [0.29, 0.717) is 5.13 Å². The lowest BCUT2D eigenvalue weighted by Crippen LogP contribution is -2.21. The van der Waals surface area contributed by atoms with Gasteiger partial charge in [-0.3, -0.25) is 0 Å². The van der Waals surface area contributed by atoms with Crippen molar-refractivity contribution in [3.63, 3.8) is 0 Å². The van der Waals surface area contributed by atoms with Crippen LogP contribution in [-0.2, 0) is 0 Å². The second-order valence-electron chi connectivity index (χ2n) is 3.10. The van der Waals surface area contributed by atoms with Gasteiger partial charge in [-0.2, -0.15) is 4.99 Å². The lowest BCUT2D eigenvalue weighted by molar-refractivity contribution is 0.475. The van der Waals surface area contributed by atoms with E-state index in [4.69, 9.17) is 11.5 Å². The molecule has 1 heterocycles. The summed E-state index contributed by atoms with van der Waals surface area (Å²) in [4.78, 5) is 8.07. The molecule has 0 radical (unpaired) electrons. The zero-order chi connectivity index (χ0) is 11.5. The molecule has 1 aromatic heterocycles. The van der Waals surface area contributed by atoms with Crippen molar-refractivity contribution in [2.45, 2.75) is 0 Å². The van der Waals surface area contributed by atoms with Crippen LogP contribution < -0.4 is 11.5 Å². The average molecular weight is 234 g/mol. The SMILES string of the molecule is NC(N)=Nc1nc(-c2cccc(O)c2)cs1. The van der Waals surface area contributed by atoms with Crippen LogP contribution in [0.3, 0.4) is 0 Å². The minimum Gasteiger partial charge on any atom is -0.508 e. The normalized spacial score (nSPS) is 10.0. The molecule has 0 aliphatic carbocycles. The molecule has 0 bridgehead atoms. The monoisotopic (exact) mass is 234 g/mol. The van der Waals surface area contributed by atoms with E-state index in [9.17, 15) is 5.11 Å². The maximum absolute atomic E-state index is 9.33. The van der Waals surface area contributed by atoms with Crippen molar-refractivity contribution in [3.8, 4) is 17.0 Å². The molecule has 0 aliphatic heterocycles. The number of hydrogen-bond acceptors (Lipinski definition) is 4. The van der Waals surface area contributed by atoms with Gasteiger partial charge in [0.05, 0.1) is 5.69 Å². The first-order chi connectivity index (χ1) is 7.65. The Balaban J connectivity index is 2.35. The van der Waals surface area contributed by atoms with Crippen molar-refractivity contribution in [1.29, 1.82) is 0 Å². The second-order valence-corrected chi connectivity index (χ2v) is 3.94. The summed E-state index contributed by atoms with van der Waals surface area (Å²) in [5.41, 5.74) is 12.1. The van der Waals surface area contributed by atoms with Gasteiger partial charge in [0, 0.05) is 10.9 Å². The Morgan fingerprint density at radius 3 is 2.88 bits per heavy atom. The van der Waals surface area contributed by atoms with E-state index in [-0.39, 0.29) is 11.7 Å². The Morgan fingerprint density at radius 2 is 2.19 bits per heavy atom. The summed E-state index contributed by atoms with van der Waals surface area (Å²) in [7, 11) is 0. The zero-order valence-corrected chi connectivity index (χ0v) is 9.11. The first kappa shape index (κ1) is 10.4. The van der Waals surface area contributed by atoms with Crippen molar-refractivity contribution < 1.29 is 5.11 Å². The van der Waals surface area contributed by atoms with Gasteiger partial charge in [0.25, 0.3) is 0 Å². The van der Waals surface area contributed by atoms with E-state index in [1.807, 2.05) is 11.4 Å². The third-order valence-corrected chi connectivity index (χ3v) is 2.59. The molecule has 0 amide bonds. The van der Waals surface area contributed by atoms with Gasteiger partial charge in [0.2, 0.25) is 5.13 Å². The molecular weight excluding hydrogens is 224 g/mol. The number of nitrogens with two attached hydrogens (primary N) is 2. The van der Waals surface area contributed by atoms with Crippen molar-refractivity contribution in [3.05, 3.63) is 29.6 Å². The van der Waals surface area contributed by atoms with Crippen molar-refractivity contribution in [2.24, 2.45) is 16.5 Å². The minimum atomic E-state index is -0.0168. The number of aliphatic imine (C=N–C) groups is 1. The smallest absolute Gasteiger partial charge is 0.212 e. The molecule has 0 unspecified atom stereocenters. The van der Waals surface area contributed by atoms with Gasteiger partial charge in [-0.05, 0) is 12.1 Å². The highest BCUT2D eigenvalue weighted by Crippen LogP contribution is 2.28. The van der Waals surface area contributed by atoms with Gasteiger partial charge in [0.15, 0.2) is 5.96 Å². The third kappa shape index (κ3) is 2.29. The van der Waals surface area contributed by atoms with Crippen molar-refractivity contribution >= 4 is 22.4 Å². The first-order valence-corrected chi connectivity index (χ1v) is 5.37. The molecule has 2 aromatic rings. The van der Waals surface area contributed by atoms with Gasteiger partial charge in [-0.15, -0.1) is 11.3 Å². The lowest BCUT2D eigenvalue weighted by Gasteiger charge is -1.96. The highest BCUT2D eigenvalue weighted by atomic mass is 32.1. The number of aromatic nitrogens is 1. The molecule has 82 valence electrons. The van der Waals surface area contributed by atoms with E-state index >= 15 is 0 Å². The predicted octanol–water partition coefficient (Wildman–Crippen LogP) is 1.42. The van der Waals surface area contributed by atoms with E-state index < -0.39 is 0 Å². The molecule has 0 spiro atoms. The van der Waals surface area contributed by atoms with Gasteiger partial charge in [-0.1, -0.05) is 12.1 Å². The quantitative estimate of drug-likeness (QED) is 0.540. The van der Waals surface area contributed by atoms with E-state index in [1.165, 1.54) is 11.3 Å². The number of nitrogens with zero attached hydrogens (tertiary/aromatic N) is 2. The lowest BCUT2D eigenvalue weighted by atomic mass is 10.2. The fourth-order valence-corrected chi connectivity index (χ4v) is 1.94. The number of aromatic hydroxyl groups is 1. The number of rotatable bonds is 2. The number of phenols is 1. The zero-order valence-electron chi connectivity index (χ0n) is 8.29. The topological polar surface area (TPSA) is 97.5 Å². The van der Waals surface area contributed by atoms with Gasteiger partial charge < -0.3 is 16.6 Å². The summed E-state index contributed by atoms with van der Waals surface area (Å²) in [5.74, 6) is 0.186. The van der Waals surface area contributed by atoms with Gasteiger partial charge >= 0.3 is 0 Å². The highest BCUT2D eigenvalue weighted by molar-refractivity contribution is 7.13. The molecule has 0 saturated carbocycles. The fraction of sp³-hybridized carbons (Fsp3) is 0. The van der Waals surface area contributed by atoms with Crippen LogP contribution in [0.4, 0.5) is 5.13 Å². The van der Waals surface area contributed by atoms with E-state index in [2.05, 4.69) is 9.98 Å². The van der Waals surface area contributed by atoms with Crippen LogP contribution in [-0.4, -0.2) is 16.1 Å². The molecule has 0 fully saturated rings. The van der Waals surface area contributed by atoms with Crippen LogP contribution in [0, 0.1) is 0 Å². The predicted molar refractivity (Wildman–Crippen MR) is 64.7 cm³/mol. The molecule has 0 aliphatic rings. The highest BCUT2D eigenvalue weighted by Gasteiger charge is 2.04. The number of guanidine groups is 1. The van der Waals surface area contributed by atoms with Crippen LogP contribution >= 0.6 is 11.3 Å². The molecule has 0 atom stereocenters. The largest absolute Gasteiger partial charge is 0.508 e. The molecule has 16 heavy (non-hydrogen) atoms. The number of benzene rings is 1. The standard InChI is InChI=1S/C10H10N4OS/c11-9(12)14-10-13-8(5-16-10)6-2-1-3-7(15)4-6/h1-5,15H,(H4,11,12,13,14). The molecule has 5 nitrogen and oxygen atoms in total. The Morgan fingerprint density at radius 1 is 1.38 bits per heavy atom. The second kappa shape index (κ2) is 4.19. The minimum absolute atomic E-state index is 0.0168. The summed E-state index contributed by atoms with van der Waals surface area (Å²) < 4.78 is 0. The molecule has 0 saturated heterocycles. The Labute approximate surface area is 96.1 Å². The summed E-state index contributed by atoms with van der Waals surface area (Å²) in [6.07, 6.45) is 0. The Bertz CT molecular complexity index is 531.